The molecule has 13 heavy (non-hydrogen) atoms. The first kappa shape index (κ1) is 8.44. The van der Waals surface area contributed by atoms with Crippen LogP contribution in [-0.2, 0) is 4.79 Å². The lowest BCUT2D eigenvalue weighted by Crippen LogP contribution is -2.27. The summed E-state index contributed by atoms with van der Waals surface area (Å²) in [4.78, 5) is 12.2. The Morgan fingerprint density at radius 2 is 2.31 bits per heavy atom. The van der Waals surface area contributed by atoms with Crippen LogP contribution in [0.5, 0.6) is 0 Å². The Morgan fingerprint density at radius 3 is 3.08 bits per heavy atom. The van der Waals surface area contributed by atoms with Crippen molar-refractivity contribution < 1.29 is 4.79 Å². The molecule has 3 nitrogen and oxygen atoms in total. The van der Waals surface area contributed by atoms with Crippen LogP contribution in [0.3, 0.4) is 0 Å². The Bertz CT molecular complexity index is 365. The molecule has 68 valence electrons. The Kier molecular flexibility index (Phi) is 1.92. The Labute approximate surface area is 80.7 Å². The van der Waals surface area contributed by atoms with Crippen molar-refractivity contribution in [2.75, 3.05) is 11.1 Å². The predicted molar refractivity (Wildman–Crippen MR) is 54.8 cm³/mol. The molecule has 3 N–H and O–H groups in total. The normalized spacial score (nSPS) is 20.7. The average Bonchev–Trinajstić information content (AvgIpc) is 2.08. The highest BCUT2D eigenvalue weighted by Gasteiger charge is 2.22. The molecule has 0 saturated heterocycles. The van der Waals surface area contributed by atoms with Crippen molar-refractivity contribution in [3.05, 3.63) is 18.2 Å². The van der Waals surface area contributed by atoms with E-state index in [9.17, 15) is 4.79 Å². The van der Waals surface area contributed by atoms with Crippen molar-refractivity contribution in [1.29, 1.82) is 0 Å². The van der Waals surface area contributed by atoms with Gasteiger partial charge in [-0.05, 0) is 36.9 Å². The van der Waals surface area contributed by atoms with Gasteiger partial charge in [-0.3, -0.25) is 4.79 Å². The van der Waals surface area contributed by atoms with E-state index in [2.05, 4.69) is 5.32 Å². The third kappa shape index (κ3) is 1.49. The van der Waals surface area contributed by atoms with Gasteiger partial charge in [0.2, 0.25) is 5.12 Å². The smallest absolute Gasteiger partial charge is 0.215 e. The van der Waals surface area contributed by atoms with Crippen molar-refractivity contribution >= 4 is 28.3 Å². The van der Waals surface area contributed by atoms with E-state index in [1.807, 2.05) is 25.1 Å². The van der Waals surface area contributed by atoms with E-state index in [0.29, 0.717) is 5.69 Å². The third-order valence-corrected chi connectivity index (χ3v) is 3.05. The summed E-state index contributed by atoms with van der Waals surface area (Å²) in [7, 11) is 0. The maximum Gasteiger partial charge on any atom is 0.215 e. The summed E-state index contributed by atoms with van der Waals surface area (Å²) in [6, 6.07) is 5.44. The zero-order valence-corrected chi connectivity index (χ0v) is 8.02. The number of nitrogens with one attached hydrogen (secondary N) is 1. The summed E-state index contributed by atoms with van der Waals surface area (Å²) < 4.78 is 0. The molecule has 1 aromatic rings. The minimum atomic E-state index is -0.110. The number of rotatable bonds is 0. The fourth-order valence-corrected chi connectivity index (χ4v) is 2.12. The number of anilines is 2. The number of carbonyl (C=O) groups excluding carboxylic acids is 1. The maximum atomic E-state index is 11.3. The average molecular weight is 194 g/mol. The highest BCUT2D eigenvalue weighted by molar-refractivity contribution is 8.14. The van der Waals surface area contributed by atoms with Crippen molar-refractivity contribution in [2.45, 2.75) is 17.9 Å². The van der Waals surface area contributed by atoms with E-state index >= 15 is 0 Å². The molecular weight excluding hydrogens is 184 g/mol. The number of hydrogen-bond acceptors (Lipinski definition) is 4. The van der Waals surface area contributed by atoms with Crippen LogP contribution in [0.15, 0.2) is 23.1 Å². The minimum absolute atomic E-state index is 0.110. The second-order valence-corrected chi connectivity index (χ2v) is 4.09. The van der Waals surface area contributed by atoms with E-state index in [1.165, 1.54) is 11.8 Å². The highest BCUT2D eigenvalue weighted by Crippen LogP contribution is 2.35. The van der Waals surface area contributed by atoms with Crippen LogP contribution in [0.25, 0.3) is 0 Å². The van der Waals surface area contributed by atoms with Crippen LogP contribution in [-0.4, -0.2) is 11.2 Å². The lowest BCUT2D eigenvalue weighted by molar-refractivity contribution is -0.111. The van der Waals surface area contributed by atoms with Crippen LogP contribution < -0.4 is 11.1 Å². The van der Waals surface area contributed by atoms with Crippen molar-refractivity contribution in [2.24, 2.45) is 0 Å². The van der Waals surface area contributed by atoms with Gasteiger partial charge in [0.25, 0.3) is 0 Å². The van der Waals surface area contributed by atoms with Crippen LogP contribution in [0.1, 0.15) is 6.92 Å². The molecular formula is C9H10N2OS. The van der Waals surface area contributed by atoms with Crippen molar-refractivity contribution in [1.82, 2.24) is 0 Å². The molecule has 0 amide bonds. The second-order valence-electron chi connectivity index (χ2n) is 3.04. The zero-order valence-electron chi connectivity index (χ0n) is 7.20. The van der Waals surface area contributed by atoms with Crippen LogP contribution in [0.4, 0.5) is 11.4 Å². The van der Waals surface area contributed by atoms with Crippen LogP contribution >= 0.6 is 11.8 Å². The van der Waals surface area contributed by atoms with E-state index in [4.69, 9.17) is 5.73 Å². The zero-order chi connectivity index (χ0) is 9.42. The molecule has 1 unspecified atom stereocenters. The fourth-order valence-electron chi connectivity index (χ4n) is 1.23. The Hall–Kier alpha value is -1.16. The van der Waals surface area contributed by atoms with Gasteiger partial charge in [0.1, 0.15) is 0 Å². The first-order valence-corrected chi connectivity index (χ1v) is 4.86. The van der Waals surface area contributed by atoms with Gasteiger partial charge in [0.15, 0.2) is 0 Å². The second kappa shape index (κ2) is 2.96. The molecule has 0 fully saturated rings. The molecule has 0 bridgehead atoms. The van der Waals surface area contributed by atoms with E-state index in [0.717, 1.165) is 10.6 Å². The molecule has 0 aromatic heterocycles. The first-order chi connectivity index (χ1) is 6.16. The summed E-state index contributed by atoms with van der Waals surface area (Å²) in [5.41, 5.74) is 7.29. The SMILES string of the molecule is CC1Nc2ccc(N)cc2SC1=O. The predicted octanol–water partition coefficient (Wildman–Crippen LogP) is 1.70. The standard InChI is InChI=1S/C9H10N2OS/c1-5-9(12)13-8-4-6(10)2-3-7(8)11-5/h2-5,11H,10H2,1H3. The molecule has 1 heterocycles. The summed E-state index contributed by atoms with van der Waals surface area (Å²) in [6.45, 7) is 1.86. The summed E-state index contributed by atoms with van der Waals surface area (Å²) in [5, 5.41) is 3.25. The van der Waals surface area contributed by atoms with Gasteiger partial charge in [-0.2, -0.15) is 0 Å². The van der Waals surface area contributed by atoms with Gasteiger partial charge in [0, 0.05) is 16.3 Å². The maximum absolute atomic E-state index is 11.3. The van der Waals surface area contributed by atoms with Gasteiger partial charge < -0.3 is 11.1 Å². The summed E-state index contributed by atoms with van der Waals surface area (Å²) in [6.07, 6.45) is 0. The number of carbonyl (C=O) groups is 1. The third-order valence-electron chi connectivity index (χ3n) is 1.94. The molecule has 0 aliphatic carbocycles. The topological polar surface area (TPSA) is 55.1 Å². The number of fused-ring (bicyclic) bond motifs is 1. The minimum Gasteiger partial charge on any atom is -0.399 e. The van der Waals surface area contributed by atoms with Crippen LogP contribution in [0.2, 0.25) is 0 Å². The molecule has 0 saturated carbocycles. The number of nitrogens with two attached hydrogens (primary N) is 1. The molecule has 1 atom stereocenters. The number of hydrogen-bond donors (Lipinski definition) is 2. The van der Waals surface area contributed by atoms with E-state index in [1.54, 1.807) is 0 Å². The van der Waals surface area contributed by atoms with Crippen LogP contribution in [0, 0.1) is 0 Å². The molecule has 1 aromatic carbocycles. The van der Waals surface area contributed by atoms with Gasteiger partial charge in [0.05, 0.1) is 6.04 Å². The molecule has 0 spiro atoms. The number of benzene rings is 1. The van der Waals surface area contributed by atoms with E-state index < -0.39 is 0 Å². The molecule has 1 aliphatic heterocycles. The molecule has 2 rings (SSSR count). The molecule has 1 aliphatic rings. The number of thioether (sulfide) groups is 1. The van der Waals surface area contributed by atoms with Gasteiger partial charge in [-0.15, -0.1) is 0 Å². The lowest BCUT2D eigenvalue weighted by atomic mass is 10.2. The van der Waals surface area contributed by atoms with Crippen molar-refractivity contribution in [3.8, 4) is 0 Å². The van der Waals surface area contributed by atoms with Crippen molar-refractivity contribution in [3.63, 3.8) is 0 Å². The Balaban J connectivity index is 2.42. The van der Waals surface area contributed by atoms with Gasteiger partial charge in [-0.25, -0.2) is 0 Å². The quantitative estimate of drug-likeness (QED) is 0.617. The molecule has 0 radical (unpaired) electrons. The summed E-state index contributed by atoms with van der Waals surface area (Å²) >= 11 is 1.25. The van der Waals surface area contributed by atoms with Gasteiger partial charge >= 0.3 is 0 Å². The molecule has 4 heteroatoms. The fraction of sp³-hybridized carbons (Fsp3) is 0.222. The Morgan fingerprint density at radius 1 is 1.54 bits per heavy atom. The number of nitrogen functional groups attached to an aromatic ring is 1. The monoisotopic (exact) mass is 194 g/mol. The van der Waals surface area contributed by atoms with E-state index in [-0.39, 0.29) is 11.2 Å². The highest BCUT2D eigenvalue weighted by atomic mass is 32.2. The summed E-state index contributed by atoms with van der Waals surface area (Å²) in [5.74, 6) is 0. The lowest BCUT2D eigenvalue weighted by Gasteiger charge is -2.22. The first-order valence-electron chi connectivity index (χ1n) is 4.04. The largest absolute Gasteiger partial charge is 0.399 e. The van der Waals surface area contributed by atoms with Gasteiger partial charge in [-0.1, -0.05) is 0 Å².